The number of rotatable bonds is 7. The van der Waals surface area contributed by atoms with Crippen molar-refractivity contribution in [2.75, 3.05) is 40.9 Å². The average Bonchev–Trinajstić information content (AvgIpc) is 2.87. The first-order chi connectivity index (χ1) is 10.1. The predicted octanol–water partition coefficient (Wildman–Crippen LogP) is 0.225. The average molecular weight is 295 g/mol. The second kappa shape index (κ2) is 7.51. The van der Waals surface area contributed by atoms with Gasteiger partial charge in [-0.1, -0.05) is 0 Å². The zero-order valence-corrected chi connectivity index (χ0v) is 13.2. The minimum Gasteiger partial charge on any atom is -0.383 e. The molecule has 1 amide bonds. The fourth-order valence-corrected chi connectivity index (χ4v) is 2.77. The van der Waals surface area contributed by atoms with Gasteiger partial charge in [-0.15, -0.1) is 10.2 Å². The maximum Gasteiger partial charge on any atom is 0.222 e. The Balaban J connectivity index is 1.83. The lowest BCUT2D eigenvalue weighted by Crippen LogP contribution is -2.41. The van der Waals surface area contributed by atoms with Gasteiger partial charge in [0.25, 0.3) is 0 Å². The van der Waals surface area contributed by atoms with Gasteiger partial charge in [-0.25, -0.2) is 0 Å². The molecule has 1 fully saturated rings. The Kier molecular flexibility index (Phi) is 5.69. The number of hydrogen-bond acceptors (Lipinski definition) is 5. The van der Waals surface area contributed by atoms with Crippen LogP contribution in [0, 0.1) is 5.92 Å². The second-order valence-electron chi connectivity index (χ2n) is 5.81. The molecule has 0 saturated carbocycles. The van der Waals surface area contributed by atoms with E-state index < -0.39 is 0 Å². The van der Waals surface area contributed by atoms with Crippen LogP contribution in [0.4, 0.5) is 0 Å². The van der Waals surface area contributed by atoms with Crippen LogP contribution in [0.3, 0.4) is 0 Å². The van der Waals surface area contributed by atoms with Crippen LogP contribution in [0.2, 0.25) is 0 Å². The highest BCUT2D eigenvalue weighted by Gasteiger charge is 2.24. The highest BCUT2D eigenvalue weighted by molar-refractivity contribution is 5.76. The standard InChI is InChI=1S/C14H25N5O2/c1-17(8-12-4-5-14(20)18(2)9-12)10-13-16-15-11-19(13)6-7-21-3/h11-12H,4-10H2,1-3H3. The van der Waals surface area contributed by atoms with Crippen molar-refractivity contribution in [2.45, 2.75) is 25.9 Å². The van der Waals surface area contributed by atoms with Crippen molar-refractivity contribution in [3.05, 3.63) is 12.2 Å². The van der Waals surface area contributed by atoms with E-state index in [1.165, 1.54) is 0 Å². The molecule has 1 aliphatic heterocycles. The van der Waals surface area contributed by atoms with E-state index >= 15 is 0 Å². The molecule has 2 rings (SSSR count). The van der Waals surface area contributed by atoms with Crippen LogP contribution in [-0.2, 0) is 22.6 Å². The molecule has 1 saturated heterocycles. The highest BCUT2D eigenvalue weighted by atomic mass is 16.5. The molecule has 2 heterocycles. The van der Waals surface area contributed by atoms with E-state index in [2.05, 4.69) is 22.1 Å². The molecular formula is C14H25N5O2. The van der Waals surface area contributed by atoms with Gasteiger partial charge in [0.1, 0.15) is 12.2 Å². The summed E-state index contributed by atoms with van der Waals surface area (Å²) in [6.07, 6.45) is 3.39. The number of carbonyl (C=O) groups excluding carboxylic acids is 1. The summed E-state index contributed by atoms with van der Waals surface area (Å²) >= 11 is 0. The van der Waals surface area contributed by atoms with Crippen molar-refractivity contribution in [1.82, 2.24) is 24.6 Å². The largest absolute Gasteiger partial charge is 0.383 e. The molecule has 0 bridgehead atoms. The quantitative estimate of drug-likeness (QED) is 0.720. The molecule has 0 aliphatic carbocycles. The lowest BCUT2D eigenvalue weighted by molar-refractivity contribution is -0.133. The summed E-state index contributed by atoms with van der Waals surface area (Å²) in [6.45, 7) is 4.00. The monoisotopic (exact) mass is 295 g/mol. The SMILES string of the molecule is COCCn1cnnc1CN(C)CC1CCC(=O)N(C)C1. The Hall–Kier alpha value is -1.47. The third-order valence-electron chi connectivity index (χ3n) is 3.94. The van der Waals surface area contributed by atoms with E-state index in [0.29, 0.717) is 18.9 Å². The molecule has 0 radical (unpaired) electrons. The summed E-state index contributed by atoms with van der Waals surface area (Å²) in [5.41, 5.74) is 0. The van der Waals surface area contributed by atoms with Crippen LogP contribution in [-0.4, -0.2) is 71.4 Å². The van der Waals surface area contributed by atoms with E-state index in [1.807, 2.05) is 16.5 Å². The van der Waals surface area contributed by atoms with Gasteiger partial charge >= 0.3 is 0 Å². The number of likely N-dealkylation sites (tertiary alicyclic amines) is 1. The number of hydrogen-bond donors (Lipinski definition) is 0. The summed E-state index contributed by atoms with van der Waals surface area (Å²) in [6, 6.07) is 0. The van der Waals surface area contributed by atoms with Crippen LogP contribution < -0.4 is 0 Å². The molecule has 0 spiro atoms. The number of aromatic nitrogens is 3. The maximum atomic E-state index is 11.5. The zero-order chi connectivity index (χ0) is 15.2. The van der Waals surface area contributed by atoms with E-state index in [4.69, 9.17) is 4.74 Å². The normalized spacial score (nSPS) is 19.5. The molecule has 0 aromatic carbocycles. The number of amides is 1. The number of carbonyl (C=O) groups is 1. The Morgan fingerprint density at radius 2 is 2.33 bits per heavy atom. The molecule has 21 heavy (non-hydrogen) atoms. The zero-order valence-electron chi connectivity index (χ0n) is 13.2. The molecule has 118 valence electrons. The van der Waals surface area contributed by atoms with E-state index in [9.17, 15) is 4.79 Å². The van der Waals surface area contributed by atoms with Crippen molar-refractivity contribution in [3.63, 3.8) is 0 Å². The first-order valence-corrected chi connectivity index (χ1v) is 7.38. The second-order valence-corrected chi connectivity index (χ2v) is 5.81. The number of nitrogens with zero attached hydrogens (tertiary/aromatic N) is 5. The van der Waals surface area contributed by atoms with Gasteiger partial charge in [-0.3, -0.25) is 9.69 Å². The van der Waals surface area contributed by atoms with Crippen molar-refractivity contribution < 1.29 is 9.53 Å². The minimum atomic E-state index is 0.258. The summed E-state index contributed by atoms with van der Waals surface area (Å²) < 4.78 is 7.12. The van der Waals surface area contributed by atoms with Crippen LogP contribution in [0.25, 0.3) is 0 Å². The molecule has 7 nitrogen and oxygen atoms in total. The van der Waals surface area contributed by atoms with Gasteiger partial charge in [-0.2, -0.15) is 0 Å². The summed E-state index contributed by atoms with van der Waals surface area (Å²) in [7, 11) is 5.67. The summed E-state index contributed by atoms with van der Waals surface area (Å²) in [4.78, 5) is 15.6. The molecule has 1 aromatic rings. The van der Waals surface area contributed by atoms with Gasteiger partial charge in [-0.05, 0) is 19.4 Å². The van der Waals surface area contributed by atoms with Crippen molar-refractivity contribution in [1.29, 1.82) is 0 Å². The molecular weight excluding hydrogens is 270 g/mol. The van der Waals surface area contributed by atoms with Crippen molar-refractivity contribution >= 4 is 5.91 Å². The molecule has 1 aromatic heterocycles. The molecule has 1 unspecified atom stereocenters. The van der Waals surface area contributed by atoms with Gasteiger partial charge in [0.15, 0.2) is 0 Å². The molecule has 1 aliphatic rings. The fraction of sp³-hybridized carbons (Fsp3) is 0.786. The molecule has 7 heteroatoms. The minimum absolute atomic E-state index is 0.258. The lowest BCUT2D eigenvalue weighted by atomic mass is 9.97. The van der Waals surface area contributed by atoms with Crippen molar-refractivity contribution in [3.8, 4) is 0 Å². The molecule has 0 N–H and O–H groups in total. The van der Waals surface area contributed by atoms with Crippen molar-refractivity contribution in [2.24, 2.45) is 5.92 Å². The third-order valence-corrected chi connectivity index (χ3v) is 3.94. The maximum absolute atomic E-state index is 11.5. The first-order valence-electron chi connectivity index (χ1n) is 7.38. The Morgan fingerprint density at radius 3 is 3.05 bits per heavy atom. The fourth-order valence-electron chi connectivity index (χ4n) is 2.77. The van der Waals surface area contributed by atoms with E-state index in [-0.39, 0.29) is 5.91 Å². The lowest BCUT2D eigenvalue weighted by Gasteiger charge is -2.32. The first kappa shape index (κ1) is 15.9. The summed E-state index contributed by atoms with van der Waals surface area (Å²) in [5.74, 6) is 1.75. The number of methoxy groups -OCH3 is 1. The highest BCUT2D eigenvalue weighted by Crippen LogP contribution is 2.17. The van der Waals surface area contributed by atoms with Gasteiger partial charge in [0.05, 0.1) is 13.2 Å². The molecule has 1 atom stereocenters. The number of ether oxygens (including phenoxy) is 1. The Morgan fingerprint density at radius 1 is 1.52 bits per heavy atom. The van der Waals surface area contributed by atoms with Gasteiger partial charge in [0, 0.05) is 40.2 Å². The summed E-state index contributed by atoms with van der Waals surface area (Å²) in [5, 5.41) is 8.16. The van der Waals surface area contributed by atoms with E-state index in [0.717, 1.165) is 38.4 Å². The Labute approximate surface area is 125 Å². The van der Waals surface area contributed by atoms with E-state index in [1.54, 1.807) is 13.4 Å². The third kappa shape index (κ3) is 4.50. The van der Waals surface area contributed by atoms with Gasteiger partial charge in [0.2, 0.25) is 5.91 Å². The van der Waals surface area contributed by atoms with Gasteiger partial charge < -0.3 is 14.2 Å². The van der Waals surface area contributed by atoms with Crippen LogP contribution in [0.1, 0.15) is 18.7 Å². The van der Waals surface area contributed by atoms with Crippen LogP contribution >= 0.6 is 0 Å². The number of piperidine rings is 1. The smallest absolute Gasteiger partial charge is 0.222 e. The Bertz CT molecular complexity index is 462. The van der Waals surface area contributed by atoms with Crippen LogP contribution in [0.15, 0.2) is 6.33 Å². The predicted molar refractivity (Wildman–Crippen MR) is 78.6 cm³/mol. The van der Waals surface area contributed by atoms with Crippen LogP contribution in [0.5, 0.6) is 0 Å². The topological polar surface area (TPSA) is 63.5 Å².